The van der Waals surface area contributed by atoms with Gasteiger partial charge in [-0.25, -0.2) is 9.59 Å². The molecular formula is C18H23F3N2O5S. The summed E-state index contributed by atoms with van der Waals surface area (Å²) in [7, 11) is 0. The van der Waals surface area contributed by atoms with Crippen molar-refractivity contribution >= 4 is 27.5 Å². The first-order valence-corrected chi connectivity index (χ1v) is 9.77. The van der Waals surface area contributed by atoms with Crippen LogP contribution in [-0.2, 0) is 17.8 Å². The van der Waals surface area contributed by atoms with Crippen LogP contribution in [0.2, 0.25) is 0 Å². The summed E-state index contributed by atoms with van der Waals surface area (Å²) in [6.07, 6.45) is -7.08. The molecule has 0 radical (unpaired) electrons. The van der Waals surface area contributed by atoms with Crippen molar-refractivity contribution in [1.82, 2.24) is 9.13 Å². The largest absolute Gasteiger partial charge is 0.456 e. The summed E-state index contributed by atoms with van der Waals surface area (Å²) >= 11 is 0.673. The third-order valence-corrected chi connectivity index (χ3v) is 5.24. The Balaban J connectivity index is 2.87. The Hall–Kier alpha value is -2.14. The van der Waals surface area contributed by atoms with Gasteiger partial charge in [-0.15, -0.1) is 11.3 Å². The van der Waals surface area contributed by atoms with Crippen LogP contribution in [0.15, 0.2) is 9.59 Å². The lowest BCUT2D eigenvalue weighted by Gasteiger charge is -2.19. The van der Waals surface area contributed by atoms with Crippen LogP contribution in [0.25, 0.3) is 10.2 Å². The number of aliphatic hydroxyl groups excluding tert-OH is 1. The molecule has 2 heterocycles. The zero-order chi connectivity index (χ0) is 22.3. The van der Waals surface area contributed by atoms with E-state index in [2.05, 4.69) is 0 Å². The Morgan fingerprint density at radius 2 is 1.79 bits per heavy atom. The number of aliphatic hydroxyl groups is 1. The molecule has 29 heavy (non-hydrogen) atoms. The first kappa shape index (κ1) is 23.1. The maximum absolute atomic E-state index is 12.9. The fourth-order valence-electron chi connectivity index (χ4n) is 2.87. The number of fused-ring (bicyclic) bond motifs is 1. The minimum Gasteiger partial charge on any atom is -0.456 e. The lowest BCUT2D eigenvalue weighted by Crippen LogP contribution is -2.40. The number of aromatic nitrogens is 2. The third kappa shape index (κ3) is 4.89. The van der Waals surface area contributed by atoms with E-state index in [-0.39, 0.29) is 27.2 Å². The van der Waals surface area contributed by atoms with Gasteiger partial charge in [0.1, 0.15) is 15.3 Å². The molecule has 2 rings (SSSR count). The molecule has 0 saturated heterocycles. The van der Waals surface area contributed by atoms with E-state index in [1.54, 1.807) is 20.8 Å². The summed E-state index contributed by atoms with van der Waals surface area (Å²) in [6, 6.07) is 0. The van der Waals surface area contributed by atoms with Gasteiger partial charge in [-0.3, -0.25) is 13.9 Å². The average molecular weight is 436 g/mol. The number of halogens is 3. The van der Waals surface area contributed by atoms with Crippen LogP contribution in [0.3, 0.4) is 0 Å². The molecule has 0 aliphatic rings. The highest BCUT2D eigenvalue weighted by atomic mass is 32.1. The number of thiophene rings is 1. The van der Waals surface area contributed by atoms with Crippen LogP contribution in [-0.4, -0.2) is 32.0 Å². The maximum atomic E-state index is 12.9. The molecule has 0 bridgehead atoms. The van der Waals surface area contributed by atoms with E-state index in [1.807, 2.05) is 0 Å². The molecule has 0 saturated carbocycles. The lowest BCUT2D eigenvalue weighted by molar-refractivity contribution is -0.136. The number of ether oxygens (including phenoxy) is 1. The number of nitrogens with zero attached hydrogens (tertiary/aromatic N) is 2. The van der Waals surface area contributed by atoms with Gasteiger partial charge >= 0.3 is 17.8 Å². The Morgan fingerprint density at radius 3 is 2.24 bits per heavy atom. The van der Waals surface area contributed by atoms with E-state index in [1.165, 1.54) is 13.8 Å². The van der Waals surface area contributed by atoms with Gasteiger partial charge < -0.3 is 9.84 Å². The molecule has 2 aromatic heterocycles. The Kier molecular flexibility index (Phi) is 6.34. The van der Waals surface area contributed by atoms with E-state index in [4.69, 9.17) is 4.74 Å². The molecule has 162 valence electrons. The minimum absolute atomic E-state index is 0.0489. The second-order valence-corrected chi connectivity index (χ2v) is 8.55. The Labute approximate surface area is 168 Å². The summed E-state index contributed by atoms with van der Waals surface area (Å²) in [6.45, 7) is 6.93. The molecule has 2 aromatic rings. The number of rotatable bonds is 5. The molecule has 7 nitrogen and oxygen atoms in total. The number of alkyl halides is 3. The normalized spacial score (nSPS) is 13.7. The fraction of sp³-hybridized carbons (Fsp3) is 0.611. The van der Waals surface area contributed by atoms with E-state index < -0.39 is 48.1 Å². The smallest absolute Gasteiger partial charge is 0.390 e. The highest BCUT2D eigenvalue weighted by Gasteiger charge is 2.32. The summed E-state index contributed by atoms with van der Waals surface area (Å²) in [5.74, 6) is -0.827. The molecule has 0 aliphatic carbocycles. The number of carbonyl (C=O) groups is 1. The van der Waals surface area contributed by atoms with E-state index in [0.29, 0.717) is 11.3 Å². The van der Waals surface area contributed by atoms with Crippen LogP contribution < -0.4 is 11.2 Å². The Bertz CT molecular complexity index is 1040. The number of esters is 1. The lowest BCUT2D eigenvalue weighted by atomic mass is 10.1. The Morgan fingerprint density at radius 1 is 1.21 bits per heavy atom. The molecule has 0 spiro atoms. The van der Waals surface area contributed by atoms with Crippen molar-refractivity contribution in [2.24, 2.45) is 0 Å². The first-order valence-electron chi connectivity index (χ1n) is 8.96. The highest BCUT2D eigenvalue weighted by molar-refractivity contribution is 7.20. The van der Waals surface area contributed by atoms with Crippen molar-refractivity contribution in [3.63, 3.8) is 0 Å². The van der Waals surface area contributed by atoms with Crippen molar-refractivity contribution in [2.75, 3.05) is 0 Å². The van der Waals surface area contributed by atoms with Crippen LogP contribution in [0.1, 0.15) is 62.4 Å². The van der Waals surface area contributed by atoms with Crippen LogP contribution in [0.4, 0.5) is 13.2 Å². The first-order chi connectivity index (χ1) is 13.2. The molecule has 1 atom stereocenters. The van der Waals surface area contributed by atoms with Gasteiger partial charge in [0, 0.05) is 18.7 Å². The molecule has 1 N–H and O–H groups in total. The predicted octanol–water partition coefficient (Wildman–Crippen LogP) is 3.21. The van der Waals surface area contributed by atoms with E-state index >= 15 is 0 Å². The zero-order valence-electron chi connectivity index (χ0n) is 16.7. The van der Waals surface area contributed by atoms with Gasteiger partial charge in [-0.2, -0.15) is 13.2 Å². The fourth-order valence-corrected chi connectivity index (χ4v) is 4.15. The number of aryl methyl sites for hydroxylation is 1. The molecule has 0 amide bonds. The second kappa shape index (κ2) is 7.94. The summed E-state index contributed by atoms with van der Waals surface area (Å²) in [5, 5.41) is 10.1. The maximum Gasteiger partial charge on any atom is 0.390 e. The monoisotopic (exact) mass is 436 g/mol. The highest BCUT2D eigenvalue weighted by Crippen LogP contribution is 2.35. The van der Waals surface area contributed by atoms with E-state index in [0.717, 1.165) is 9.13 Å². The zero-order valence-corrected chi connectivity index (χ0v) is 17.5. The van der Waals surface area contributed by atoms with Crippen LogP contribution in [0.5, 0.6) is 0 Å². The van der Waals surface area contributed by atoms with Gasteiger partial charge in [0.15, 0.2) is 0 Å². The molecule has 1 unspecified atom stereocenters. The number of hydrogen-bond donors (Lipinski definition) is 1. The summed E-state index contributed by atoms with van der Waals surface area (Å²) < 4.78 is 45.2. The van der Waals surface area contributed by atoms with Crippen molar-refractivity contribution in [2.45, 2.75) is 72.0 Å². The van der Waals surface area contributed by atoms with Gasteiger partial charge in [-0.05, 0) is 34.6 Å². The van der Waals surface area contributed by atoms with Crippen molar-refractivity contribution in [1.29, 1.82) is 0 Å². The minimum atomic E-state index is -4.52. The van der Waals surface area contributed by atoms with E-state index in [9.17, 15) is 32.7 Å². The van der Waals surface area contributed by atoms with Crippen LogP contribution in [0, 0.1) is 0 Å². The molecular weight excluding hydrogens is 413 g/mol. The van der Waals surface area contributed by atoms with Crippen LogP contribution >= 0.6 is 11.3 Å². The average Bonchev–Trinajstić information content (AvgIpc) is 2.93. The van der Waals surface area contributed by atoms with Gasteiger partial charge in [0.05, 0.1) is 17.9 Å². The summed E-state index contributed by atoms with van der Waals surface area (Å²) in [4.78, 5) is 37.9. The second-order valence-electron chi connectivity index (χ2n) is 7.55. The van der Waals surface area contributed by atoms with Gasteiger partial charge in [-0.1, -0.05) is 0 Å². The van der Waals surface area contributed by atoms with Crippen molar-refractivity contribution < 1.29 is 27.8 Å². The standard InChI is InChI=1S/C18H23F3N2O5S/c1-6-22-13(25)11-10(9(2)24)12(15(26)28-17(3,4)5)29-14(11)23(16(22)27)8-7-18(19,20)21/h9,24H,6-8H2,1-5H3. The number of carbonyl (C=O) groups excluding carboxylic acids is 1. The van der Waals surface area contributed by atoms with Gasteiger partial charge in [0.2, 0.25) is 0 Å². The van der Waals surface area contributed by atoms with Crippen molar-refractivity contribution in [3.05, 3.63) is 31.3 Å². The van der Waals surface area contributed by atoms with Gasteiger partial charge in [0.25, 0.3) is 5.56 Å². The number of hydrogen-bond acceptors (Lipinski definition) is 6. The third-order valence-electron chi connectivity index (χ3n) is 4.03. The SMILES string of the molecule is CCn1c(=O)c2c(C(C)O)c(C(=O)OC(C)(C)C)sc2n(CCC(F)(F)F)c1=O. The topological polar surface area (TPSA) is 90.5 Å². The van der Waals surface area contributed by atoms with Crippen molar-refractivity contribution in [3.8, 4) is 0 Å². The summed E-state index contributed by atoms with van der Waals surface area (Å²) in [5.41, 5.74) is -2.59. The molecule has 0 aliphatic heterocycles. The quantitative estimate of drug-likeness (QED) is 0.727. The molecule has 11 heteroatoms. The predicted molar refractivity (Wildman–Crippen MR) is 102 cm³/mol. The molecule has 0 aromatic carbocycles. The molecule has 0 fully saturated rings.